The summed E-state index contributed by atoms with van der Waals surface area (Å²) >= 11 is 0. The van der Waals surface area contributed by atoms with Gasteiger partial charge in [-0.3, -0.25) is 4.68 Å². The predicted octanol–water partition coefficient (Wildman–Crippen LogP) is 1.99. The lowest BCUT2D eigenvalue weighted by molar-refractivity contribution is 0.0517. The van der Waals surface area contributed by atoms with Crippen LogP contribution in [0.25, 0.3) is 0 Å². The molecule has 4 rings (SSSR count). The number of aliphatic hydroxyl groups is 1. The molecule has 5 heteroatoms. The molecule has 23 heavy (non-hydrogen) atoms. The number of carbonyl (C=O) groups excluding carboxylic acids is 1. The molecule has 1 aromatic carbocycles. The molecule has 1 saturated carbocycles. The molecule has 1 aromatic heterocycles. The molecule has 1 heterocycles. The highest BCUT2D eigenvalue weighted by atomic mass is 16.5. The van der Waals surface area contributed by atoms with Crippen molar-refractivity contribution < 1.29 is 14.6 Å². The molecule has 120 valence electrons. The van der Waals surface area contributed by atoms with Crippen LogP contribution in [-0.4, -0.2) is 34.1 Å². The summed E-state index contributed by atoms with van der Waals surface area (Å²) < 4.78 is 7.10. The fraction of sp³-hybridized carbons (Fsp3) is 0.444. The molecule has 1 N–H and O–H groups in total. The molecule has 0 saturated heterocycles. The lowest BCUT2D eigenvalue weighted by Gasteiger charge is -2.07. The summed E-state index contributed by atoms with van der Waals surface area (Å²) in [5.74, 6) is 0.791. The quantitative estimate of drug-likeness (QED) is 0.858. The van der Waals surface area contributed by atoms with Crippen molar-refractivity contribution in [2.75, 3.05) is 13.2 Å². The highest BCUT2D eigenvalue weighted by molar-refractivity contribution is 5.89. The van der Waals surface area contributed by atoms with Crippen molar-refractivity contribution in [3.05, 3.63) is 52.8 Å². The Morgan fingerprint density at radius 2 is 2.17 bits per heavy atom. The van der Waals surface area contributed by atoms with Crippen molar-refractivity contribution in [2.45, 2.75) is 25.8 Å². The van der Waals surface area contributed by atoms with Crippen LogP contribution in [0.4, 0.5) is 0 Å². The van der Waals surface area contributed by atoms with Gasteiger partial charge in [-0.05, 0) is 30.7 Å². The van der Waals surface area contributed by atoms with Gasteiger partial charge in [0.1, 0.15) is 0 Å². The average molecular weight is 312 g/mol. The SMILES string of the molecule is CCOC(=O)c1nn(Cc2ccccc2)c2c1CC1C(CO)C21. The first-order chi connectivity index (χ1) is 11.2. The van der Waals surface area contributed by atoms with Crippen LogP contribution in [0.3, 0.4) is 0 Å². The summed E-state index contributed by atoms with van der Waals surface area (Å²) in [6.07, 6.45) is 0.828. The summed E-state index contributed by atoms with van der Waals surface area (Å²) in [4.78, 5) is 12.2. The minimum Gasteiger partial charge on any atom is -0.461 e. The molecule has 0 spiro atoms. The predicted molar refractivity (Wildman–Crippen MR) is 84.2 cm³/mol. The highest BCUT2D eigenvalue weighted by Crippen LogP contribution is 2.61. The Labute approximate surface area is 134 Å². The van der Waals surface area contributed by atoms with E-state index < -0.39 is 0 Å². The van der Waals surface area contributed by atoms with E-state index in [4.69, 9.17) is 4.74 Å². The second-order valence-electron chi connectivity index (χ2n) is 6.32. The monoisotopic (exact) mass is 312 g/mol. The Hall–Kier alpha value is -2.14. The first-order valence-electron chi connectivity index (χ1n) is 8.16. The number of esters is 1. The van der Waals surface area contributed by atoms with Gasteiger partial charge in [-0.15, -0.1) is 0 Å². The number of carbonyl (C=O) groups is 1. The zero-order valence-electron chi connectivity index (χ0n) is 13.1. The fourth-order valence-corrected chi connectivity index (χ4v) is 3.94. The summed E-state index contributed by atoms with van der Waals surface area (Å²) in [5.41, 5.74) is 3.76. The number of benzene rings is 1. The molecule has 3 atom stereocenters. The third kappa shape index (κ3) is 2.27. The largest absolute Gasteiger partial charge is 0.461 e. The average Bonchev–Trinajstić information content (AvgIpc) is 2.92. The number of aliphatic hydroxyl groups excluding tert-OH is 1. The van der Waals surface area contributed by atoms with Crippen LogP contribution < -0.4 is 0 Å². The van der Waals surface area contributed by atoms with Crippen molar-refractivity contribution in [2.24, 2.45) is 11.8 Å². The minimum atomic E-state index is -0.336. The van der Waals surface area contributed by atoms with E-state index in [-0.39, 0.29) is 12.6 Å². The lowest BCUT2D eigenvalue weighted by Crippen LogP contribution is -2.10. The van der Waals surface area contributed by atoms with Gasteiger partial charge in [-0.25, -0.2) is 4.79 Å². The third-order valence-electron chi connectivity index (χ3n) is 5.04. The molecular formula is C18H20N2O3. The molecule has 0 radical (unpaired) electrons. The molecule has 1 fully saturated rings. The lowest BCUT2D eigenvalue weighted by atomic mass is 10.1. The molecule has 0 aliphatic heterocycles. The number of fused-ring (bicyclic) bond motifs is 3. The molecule has 2 aromatic rings. The summed E-state index contributed by atoms with van der Waals surface area (Å²) in [6, 6.07) is 10.1. The number of ether oxygens (including phenoxy) is 1. The van der Waals surface area contributed by atoms with Gasteiger partial charge in [0.05, 0.1) is 13.2 Å². The smallest absolute Gasteiger partial charge is 0.359 e. The van der Waals surface area contributed by atoms with Crippen LogP contribution in [-0.2, 0) is 17.7 Å². The molecule has 2 aliphatic rings. The van der Waals surface area contributed by atoms with Crippen LogP contribution >= 0.6 is 0 Å². The number of aromatic nitrogens is 2. The number of nitrogens with zero attached hydrogens (tertiary/aromatic N) is 2. The Bertz CT molecular complexity index is 738. The van der Waals surface area contributed by atoms with Gasteiger partial charge in [0.25, 0.3) is 0 Å². The van der Waals surface area contributed by atoms with Crippen LogP contribution in [0.15, 0.2) is 30.3 Å². The van der Waals surface area contributed by atoms with Crippen LogP contribution in [0.2, 0.25) is 0 Å². The number of hydrogen-bond acceptors (Lipinski definition) is 4. The van der Waals surface area contributed by atoms with Gasteiger partial charge >= 0.3 is 5.97 Å². The number of rotatable bonds is 5. The van der Waals surface area contributed by atoms with Gasteiger partial charge in [0.2, 0.25) is 0 Å². The fourth-order valence-electron chi connectivity index (χ4n) is 3.94. The summed E-state index contributed by atoms with van der Waals surface area (Å²) in [7, 11) is 0. The van der Waals surface area contributed by atoms with E-state index in [0.29, 0.717) is 36.6 Å². The van der Waals surface area contributed by atoms with Crippen LogP contribution in [0.5, 0.6) is 0 Å². The van der Waals surface area contributed by atoms with E-state index in [2.05, 4.69) is 17.2 Å². The molecule has 2 aliphatic carbocycles. The molecular weight excluding hydrogens is 292 g/mol. The maximum Gasteiger partial charge on any atom is 0.359 e. The third-order valence-corrected chi connectivity index (χ3v) is 5.04. The van der Waals surface area contributed by atoms with Crippen molar-refractivity contribution >= 4 is 5.97 Å². The molecule has 5 nitrogen and oxygen atoms in total. The second kappa shape index (κ2) is 5.49. The number of hydrogen-bond donors (Lipinski definition) is 1. The van der Waals surface area contributed by atoms with Crippen molar-refractivity contribution in [3.8, 4) is 0 Å². The van der Waals surface area contributed by atoms with Gasteiger partial charge in [-0.1, -0.05) is 30.3 Å². The van der Waals surface area contributed by atoms with Crippen molar-refractivity contribution in [3.63, 3.8) is 0 Å². The molecule has 0 amide bonds. The highest BCUT2D eigenvalue weighted by Gasteiger charge is 2.58. The second-order valence-corrected chi connectivity index (χ2v) is 6.32. The van der Waals surface area contributed by atoms with Crippen LogP contribution in [0.1, 0.15) is 40.2 Å². The Balaban J connectivity index is 1.71. The van der Waals surface area contributed by atoms with E-state index in [1.165, 1.54) is 0 Å². The standard InChI is InChI=1S/C18H20N2O3/c1-2-23-18(22)16-13-8-12-14(10-21)15(12)17(13)20(19-16)9-11-6-4-3-5-7-11/h3-7,12,14-15,21H,2,8-10H2,1H3. The Kier molecular flexibility index (Phi) is 3.45. The van der Waals surface area contributed by atoms with Crippen molar-refractivity contribution in [1.82, 2.24) is 9.78 Å². The zero-order chi connectivity index (χ0) is 16.0. The minimum absolute atomic E-state index is 0.208. The maximum absolute atomic E-state index is 12.2. The Morgan fingerprint density at radius 1 is 1.39 bits per heavy atom. The van der Waals surface area contributed by atoms with E-state index in [1.807, 2.05) is 22.9 Å². The van der Waals surface area contributed by atoms with Gasteiger partial charge < -0.3 is 9.84 Å². The Morgan fingerprint density at radius 3 is 2.87 bits per heavy atom. The molecule has 3 unspecified atom stereocenters. The van der Waals surface area contributed by atoms with E-state index in [0.717, 1.165) is 23.2 Å². The van der Waals surface area contributed by atoms with Gasteiger partial charge in [0, 0.05) is 23.8 Å². The maximum atomic E-state index is 12.2. The van der Waals surface area contributed by atoms with Crippen molar-refractivity contribution in [1.29, 1.82) is 0 Å². The summed E-state index contributed by atoms with van der Waals surface area (Å²) in [6.45, 7) is 3.01. The normalized spacial score (nSPS) is 24.2. The van der Waals surface area contributed by atoms with E-state index in [1.54, 1.807) is 6.92 Å². The van der Waals surface area contributed by atoms with Crippen LogP contribution in [0, 0.1) is 11.8 Å². The first kappa shape index (κ1) is 14.5. The van der Waals surface area contributed by atoms with E-state index >= 15 is 0 Å². The zero-order valence-corrected chi connectivity index (χ0v) is 13.1. The van der Waals surface area contributed by atoms with E-state index in [9.17, 15) is 9.90 Å². The first-order valence-corrected chi connectivity index (χ1v) is 8.16. The topological polar surface area (TPSA) is 64.3 Å². The molecule has 0 bridgehead atoms. The summed E-state index contributed by atoms with van der Waals surface area (Å²) in [5, 5.41) is 14.0. The van der Waals surface area contributed by atoms with Gasteiger partial charge in [-0.2, -0.15) is 5.10 Å². The van der Waals surface area contributed by atoms with Gasteiger partial charge in [0.15, 0.2) is 5.69 Å².